The fourth-order valence-electron chi connectivity index (χ4n) is 0.953. The minimum Gasteiger partial charge on any atom is -0.205 e. The Hall–Kier alpha value is 0.0400. The monoisotopic (exact) mass is 240 g/mol. The smallest absolute Gasteiger partial charge is 0.205 e. The summed E-state index contributed by atoms with van der Waals surface area (Å²) >= 11 is 4.58. The van der Waals surface area contributed by atoms with E-state index in [0.29, 0.717) is 10.4 Å². The predicted molar refractivity (Wildman–Crippen MR) is 46.5 cm³/mol. The van der Waals surface area contributed by atoms with E-state index >= 15 is 0 Å². The van der Waals surface area contributed by atoms with E-state index in [-0.39, 0.29) is 5.56 Å². The lowest BCUT2D eigenvalue weighted by molar-refractivity contribution is 0.150. The first-order chi connectivity index (χ1) is 5.04. The lowest BCUT2D eigenvalue weighted by Gasteiger charge is -1.98. The molecule has 0 aliphatic heterocycles. The van der Waals surface area contributed by atoms with Crippen LogP contribution in [0.4, 0.5) is 8.78 Å². The molecule has 0 saturated carbocycles. The maximum absolute atomic E-state index is 12.3. The Morgan fingerprint density at radius 3 is 2.09 bits per heavy atom. The zero-order valence-electron chi connectivity index (χ0n) is 6.12. The first-order valence-electron chi connectivity index (χ1n) is 3.07. The fraction of sp³-hybridized carbons (Fsp3) is 0.429. The Kier molecular flexibility index (Phi) is 2.65. The summed E-state index contributed by atoms with van der Waals surface area (Å²) in [5.74, 6) is 0. The third kappa shape index (κ3) is 1.62. The summed E-state index contributed by atoms with van der Waals surface area (Å²) in [7, 11) is 0. The van der Waals surface area contributed by atoms with E-state index in [4.69, 9.17) is 0 Å². The third-order valence-corrected chi connectivity index (χ3v) is 3.63. The Bertz CT molecular complexity index is 268. The molecule has 0 radical (unpaired) electrons. The molecule has 0 aliphatic carbocycles. The number of aryl methyl sites for hydroxylation is 1. The van der Waals surface area contributed by atoms with Crippen molar-refractivity contribution >= 4 is 27.3 Å². The molecule has 0 saturated heterocycles. The molecule has 1 aromatic heterocycles. The maximum atomic E-state index is 12.3. The zero-order valence-corrected chi connectivity index (χ0v) is 8.52. The maximum Gasteiger partial charge on any atom is 0.265 e. The minimum atomic E-state index is -2.35. The van der Waals surface area contributed by atoms with Crippen LogP contribution in [0, 0.1) is 13.8 Å². The van der Waals surface area contributed by atoms with Gasteiger partial charge in [-0.3, -0.25) is 0 Å². The fourth-order valence-corrected chi connectivity index (χ4v) is 2.78. The topological polar surface area (TPSA) is 0 Å². The van der Waals surface area contributed by atoms with E-state index in [2.05, 4.69) is 15.9 Å². The standard InChI is InChI=1S/C7H7BrF2S/c1-3-5(7(9)10)4(2)11-6(3)8/h7H,1-2H3. The molecule has 1 rings (SSSR count). The van der Waals surface area contributed by atoms with Gasteiger partial charge in [-0.25, -0.2) is 8.78 Å². The highest BCUT2D eigenvalue weighted by molar-refractivity contribution is 9.11. The highest BCUT2D eigenvalue weighted by Gasteiger charge is 2.18. The molecule has 0 atom stereocenters. The van der Waals surface area contributed by atoms with Crippen LogP contribution in [0.2, 0.25) is 0 Å². The lowest BCUT2D eigenvalue weighted by atomic mass is 10.2. The third-order valence-electron chi connectivity index (χ3n) is 1.54. The lowest BCUT2D eigenvalue weighted by Crippen LogP contribution is -1.86. The van der Waals surface area contributed by atoms with E-state index in [1.807, 2.05) is 0 Å². The van der Waals surface area contributed by atoms with E-state index in [9.17, 15) is 8.78 Å². The first-order valence-corrected chi connectivity index (χ1v) is 4.68. The van der Waals surface area contributed by atoms with Crippen LogP contribution in [0.1, 0.15) is 22.4 Å². The highest BCUT2D eigenvalue weighted by atomic mass is 79.9. The zero-order chi connectivity index (χ0) is 8.59. The summed E-state index contributed by atoms with van der Waals surface area (Å²) in [5, 5.41) is 0. The van der Waals surface area contributed by atoms with Crippen molar-refractivity contribution < 1.29 is 8.78 Å². The summed E-state index contributed by atoms with van der Waals surface area (Å²) < 4.78 is 25.4. The van der Waals surface area contributed by atoms with Gasteiger partial charge >= 0.3 is 0 Å². The highest BCUT2D eigenvalue weighted by Crippen LogP contribution is 2.37. The van der Waals surface area contributed by atoms with E-state index in [0.717, 1.165) is 3.79 Å². The molecule has 0 fully saturated rings. The second kappa shape index (κ2) is 3.19. The van der Waals surface area contributed by atoms with Crippen LogP contribution in [-0.4, -0.2) is 0 Å². The number of halogens is 3. The van der Waals surface area contributed by atoms with Crippen molar-refractivity contribution in [1.82, 2.24) is 0 Å². The van der Waals surface area contributed by atoms with Crippen molar-refractivity contribution in [2.45, 2.75) is 20.3 Å². The second-order valence-corrected chi connectivity index (χ2v) is 4.81. The van der Waals surface area contributed by atoms with Crippen LogP contribution in [0.5, 0.6) is 0 Å². The van der Waals surface area contributed by atoms with Crippen molar-refractivity contribution in [3.63, 3.8) is 0 Å². The van der Waals surface area contributed by atoms with Gasteiger partial charge in [0, 0.05) is 10.4 Å². The quantitative estimate of drug-likeness (QED) is 0.695. The molecule has 1 aromatic rings. The van der Waals surface area contributed by atoms with Crippen LogP contribution < -0.4 is 0 Å². The number of alkyl halides is 2. The summed E-state index contributed by atoms with van der Waals surface area (Å²) in [4.78, 5) is 0.698. The Morgan fingerprint density at radius 2 is 1.91 bits per heavy atom. The Morgan fingerprint density at radius 1 is 1.36 bits per heavy atom. The van der Waals surface area contributed by atoms with Gasteiger partial charge < -0.3 is 0 Å². The van der Waals surface area contributed by atoms with Crippen LogP contribution in [0.25, 0.3) is 0 Å². The van der Waals surface area contributed by atoms with Gasteiger partial charge in [0.15, 0.2) is 0 Å². The molecule has 1 heterocycles. The molecule has 0 unspecified atom stereocenters. The van der Waals surface area contributed by atoms with E-state index < -0.39 is 6.43 Å². The van der Waals surface area contributed by atoms with Crippen molar-refractivity contribution in [3.05, 3.63) is 19.8 Å². The molecular weight excluding hydrogens is 234 g/mol. The normalized spacial score (nSPS) is 11.1. The molecule has 0 nitrogen and oxygen atoms in total. The van der Waals surface area contributed by atoms with Crippen LogP contribution in [0.15, 0.2) is 3.79 Å². The molecule has 62 valence electrons. The van der Waals surface area contributed by atoms with E-state index in [1.54, 1.807) is 13.8 Å². The average Bonchev–Trinajstić information content (AvgIpc) is 2.07. The van der Waals surface area contributed by atoms with Gasteiger partial charge in [-0.2, -0.15) is 0 Å². The van der Waals surface area contributed by atoms with Gasteiger partial charge in [-0.1, -0.05) is 0 Å². The summed E-state index contributed by atoms with van der Waals surface area (Å²) in [6.07, 6.45) is -2.35. The largest absolute Gasteiger partial charge is 0.265 e. The summed E-state index contributed by atoms with van der Waals surface area (Å²) in [6.45, 7) is 3.42. The van der Waals surface area contributed by atoms with Crippen molar-refractivity contribution in [3.8, 4) is 0 Å². The predicted octanol–water partition coefficient (Wildman–Crippen LogP) is 4.07. The number of rotatable bonds is 1. The molecule has 0 amide bonds. The number of hydrogen-bond acceptors (Lipinski definition) is 1. The SMILES string of the molecule is Cc1sc(Br)c(C)c1C(F)F. The average molecular weight is 241 g/mol. The molecule has 0 aromatic carbocycles. The van der Waals surface area contributed by atoms with Crippen LogP contribution in [-0.2, 0) is 0 Å². The van der Waals surface area contributed by atoms with Gasteiger partial charge in [-0.15, -0.1) is 11.3 Å². The van der Waals surface area contributed by atoms with Crippen LogP contribution >= 0.6 is 27.3 Å². The molecular formula is C7H7BrF2S. The van der Waals surface area contributed by atoms with Gasteiger partial charge in [0.25, 0.3) is 6.43 Å². The van der Waals surface area contributed by atoms with Gasteiger partial charge in [0.05, 0.1) is 3.79 Å². The molecule has 0 N–H and O–H groups in total. The molecule has 0 bridgehead atoms. The molecule has 0 spiro atoms. The van der Waals surface area contributed by atoms with Gasteiger partial charge in [0.2, 0.25) is 0 Å². The minimum absolute atomic E-state index is 0.182. The Balaban J connectivity index is 3.22. The Labute approximate surface area is 76.4 Å². The second-order valence-electron chi connectivity index (χ2n) is 2.27. The van der Waals surface area contributed by atoms with Gasteiger partial charge in [0.1, 0.15) is 0 Å². The van der Waals surface area contributed by atoms with Gasteiger partial charge in [-0.05, 0) is 35.3 Å². The number of thiophene rings is 1. The van der Waals surface area contributed by atoms with E-state index in [1.165, 1.54) is 11.3 Å². The van der Waals surface area contributed by atoms with Crippen LogP contribution in [0.3, 0.4) is 0 Å². The molecule has 4 heteroatoms. The summed E-state index contributed by atoms with van der Waals surface area (Å²) in [5.41, 5.74) is 0.851. The van der Waals surface area contributed by atoms with Crippen molar-refractivity contribution in [1.29, 1.82) is 0 Å². The summed E-state index contributed by atoms with van der Waals surface area (Å²) in [6, 6.07) is 0. The van der Waals surface area contributed by atoms with Crippen molar-refractivity contribution in [2.24, 2.45) is 0 Å². The molecule has 0 aliphatic rings. The molecule has 11 heavy (non-hydrogen) atoms. The van der Waals surface area contributed by atoms with Crippen molar-refractivity contribution in [2.75, 3.05) is 0 Å². The first kappa shape index (κ1) is 9.13. The number of hydrogen-bond donors (Lipinski definition) is 0.